The SMILES string of the molecule is C[C@@H](c1cccnc1N)N(C)c1nc(-c2noc3c2CCC[C@@]32CCCc3sc(N)c(C#N)c32)nc2c1cnn2[C@@H](C)[C@@H]1CCCN1C. The molecule has 1 fully saturated rings. The summed E-state index contributed by atoms with van der Waals surface area (Å²) in [6, 6.07) is 6.66. The Morgan fingerprint density at radius 3 is 2.73 bits per heavy atom. The number of hydrogen-bond donors (Lipinski definition) is 2. The average molecular weight is 664 g/mol. The molecule has 1 saturated heterocycles. The van der Waals surface area contributed by atoms with E-state index in [0.717, 1.165) is 90.8 Å². The van der Waals surface area contributed by atoms with Gasteiger partial charge in [0.25, 0.3) is 0 Å². The molecular formula is C35H41N11OS. The molecule has 0 unspecified atom stereocenters. The zero-order valence-electron chi connectivity index (χ0n) is 27.9. The second-order valence-corrected chi connectivity index (χ2v) is 14.9. The maximum atomic E-state index is 10.2. The lowest BCUT2D eigenvalue weighted by molar-refractivity contribution is 0.232. The van der Waals surface area contributed by atoms with Gasteiger partial charge < -0.3 is 25.8 Å². The lowest BCUT2D eigenvalue weighted by Crippen LogP contribution is -2.35. The van der Waals surface area contributed by atoms with E-state index < -0.39 is 5.41 Å². The van der Waals surface area contributed by atoms with Gasteiger partial charge in [-0.05, 0) is 90.4 Å². The first-order valence-corrected chi connectivity index (χ1v) is 17.7. The molecule has 4 atom stereocenters. The molecule has 13 heteroatoms. The Morgan fingerprint density at radius 2 is 1.98 bits per heavy atom. The number of fused-ring (bicyclic) bond motifs is 5. The van der Waals surface area contributed by atoms with Gasteiger partial charge in [0.1, 0.15) is 22.7 Å². The second kappa shape index (κ2) is 11.6. The predicted molar refractivity (Wildman–Crippen MR) is 187 cm³/mol. The van der Waals surface area contributed by atoms with E-state index in [2.05, 4.69) is 46.4 Å². The molecule has 48 heavy (non-hydrogen) atoms. The van der Waals surface area contributed by atoms with Crippen LogP contribution in [0.15, 0.2) is 29.0 Å². The van der Waals surface area contributed by atoms with Crippen LogP contribution in [0.5, 0.6) is 0 Å². The van der Waals surface area contributed by atoms with Crippen molar-refractivity contribution in [1.82, 2.24) is 34.8 Å². The number of hydrogen-bond acceptors (Lipinski definition) is 12. The molecule has 248 valence electrons. The van der Waals surface area contributed by atoms with Crippen molar-refractivity contribution in [3.63, 3.8) is 0 Å². The summed E-state index contributed by atoms with van der Waals surface area (Å²) in [5.74, 6) is 2.57. The summed E-state index contributed by atoms with van der Waals surface area (Å²) in [5.41, 5.74) is 17.3. The number of nitriles is 1. The molecule has 8 rings (SSSR count). The maximum Gasteiger partial charge on any atom is 0.186 e. The lowest BCUT2D eigenvalue weighted by Gasteiger charge is -2.39. The Bertz CT molecular complexity index is 2070. The maximum absolute atomic E-state index is 10.2. The first-order chi connectivity index (χ1) is 23.2. The smallest absolute Gasteiger partial charge is 0.186 e. The van der Waals surface area contributed by atoms with E-state index in [-0.39, 0.29) is 12.1 Å². The van der Waals surface area contributed by atoms with Crippen LogP contribution in [-0.2, 0) is 18.3 Å². The summed E-state index contributed by atoms with van der Waals surface area (Å²) in [4.78, 5) is 20.5. The quantitative estimate of drug-likeness (QED) is 0.226. The highest BCUT2D eigenvalue weighted by Gasteiger charge is 2.49. The third-order valence-electron chi connectivity index (χ3n) is 11.3. The minimum Gasteiger partial charge on any atom is -0.389 e. The van der Waals surface area contributed by atoms with Crippen molar-refractivity contribution in [2.75, 3.05) is 37.0 Å². The number of thiophene rings is 1. The van der Waals surface area contributed by atoms with Crippen molar-refractivity contribution in [2.24, 2.45) is 0 Å². The molecule has 6 heterocycles. The number of likely N-dealkylation sites (N-methyl/N-ethyl adjacent to an activating group) is 1. The molecule has 5 aromatic heterocycles. The molecule has 0 aromatic carbocycles. The van der Waals surface area contributed by atoms with E-state index in [9.17, 15) is 5.26 Å². The molecule has 0 bridgehead atoms. The predicted octanol–water partition coefficient (Wildman–Crippen LogP) is 5.79. The fourth-order valence-electron chi connectivity index (χ4n) is 8.68. The number of nitrogens with two attached hydrogens (primary N) is 2. The van der Waals surface area contributed by atoms with Crippen LogP contribution in [0, 0.1) is 11.3 Å². The van der Waals surface area contributed by atoms with E-state index in [0.29, 0.717) is 33.9 Å². The monoisotopic (exact) mass is 663 g/mol. The van der Waals surface area contributed by atoms with Crippen molar-refractivity contribution < 1.29 is 4.52 Å². The zero-order valence-corrected chi connectivity index (χ0v) is 28.7. The van der Waals surface area contributed by atoms with Crippen molar-refractivity contribution >= 4 is 39.0 Å². The summed E-state index contributed by atoms with van der Waals surface area (Å²) in [6.45, 7) is 5.40. The number of likely N-dealkylation sites (tertiary alicyclic amines) is 1. The number of aryl methyl sites for hydroxylation is 1. The van der Waals surface area contributed by atoms with Gasteiger partial charge in [-0.15, -0.1) is 11.3 Å². The Hall–Kier alpha value is -4.54. The molecule has 0 radical (unpaired) electrons. The van der Waals surface area contributed by atoms with Gasteiger partial charge in [-0.25, -0.2) is 19.6 Å². The van der Waals surface area contributed by atoms with E-state index in [1.54, 1.807) is 17.5 Å². The first-order valence-electron chi connectivity index (χ1n) is 16.9. The van der Waals surface area contributed by atoms with Gasteiger partial charge >= 0.3 is 0 Å². The Balaban J connectivity index is 1.30. The number of anilines is 3. The van der Waals surface area contributed by atoms with Gasteiger partial charge in [0.2, 0.25) is 0 Å². The standard InChI is InChI=1S/C35H41N11OS/c1-19(21-10-7-15-39-30(21)37)45(4)33-24-18-40-46(20(2)25-11-8-16-44(25)3)34(24)42-32(41-33)28-22-9-5-13-35(29(22)47-43-28)14-6-12-26-27(35)23(17-36)31(38)48-26/h7,10,15,18-20,25H,5-6,8-9,11-14,16,38H2,1-4H3,(H2,37,39)/t19-,20-,25-,35-/m0/s1. The van der Waals surface area contributed by atoms with Crippen molar-refractivity contribution in [2.45, 2.75) is 88.8 Å². The van der Waals surface area contributed by atoms with E-state index in [4.69, 9.17) is 36.2 Å². The first kappa shape index (κ1) is 30.8. The molecule has 0 amide bonds. The molecule has 1 spiro atoms. The van der Waals surface area contributed by atoms with Gasteiger partial charge in [0, 0.05) is 35.3 Å². The Labute approximate surface area is 283 Å². The third-order valence-corrected chi connectivity index (χ3v) is 12.3. The van der Waals surface area contributed by atoms with Crippen LogP contribution >= 0.6 is 11.3 Å². The van der Waals surface area contributed by atoms with Gasteiger partial charge in [0.05, 0.1) is 34.6 Å². The molecular weight excluding hydrogens is 623 g/mol. The van der Waals surface area contributed by atoms with Gasteiger partial charge in [0.15, 0.2) is 22.9 Å². The van der Waals surface area contributed by atoms with Crippen LogP contribution in [0.25, 0.3) is 22.6 Å². The lowest BCUT2D eigenvalue weighted by atomic mass is 9.63. The fraction of sp³-hybridized carbons (Fsp3) is 0.486. The van der Waals surface area contributed by atoms with Crippen LogP contribution < -0.4 is 16.4 Å². The van der Waals surface area contributed by atoms with E-state index in [1.165, 1.54) is 11.3 Å². The number of aromatic nitrogens is 6. The second-order valence-electron chi connectivity index (χ2n) is 13.8. The van der Waals surface area contributed by atoms with Crippen molar-refractivity contribution in [3.8, 4) is 17.6 Å². The molecule has 5 aromatic rings. The highest BCUT2D eigenvalue weighted by Crippen LogP contribution is 2.55. The normalized spacial score (nSPS) is 22.0. The van der Waals surface area contributed by atoms with Crippen molar-refractivity contribution in [3.05, 3.63) is 57.4 Å². The summed E-state index contributed by atoms with van der Waals surface area (Å²) in [6.07, 6.45) is 11.3. The zero-order chi connectivity index (χ0) is 33.3. The minimum absolute atomic E-state index is 0.103. The van der Waals surface area contributed by atoms with Crippen LogP contribution in [0.4, 0.5) is 16.6 Å². The van der Waals surface area contributed by atoms with E-state index in [1.807, 2.05) is 25.4 Å². The summed E-state index contributed by atoms with van der Waals surface area (Å²) in [5, 5.41) is 21.3. The van der Waals surface area contributed by atoms with E-state index >= 15 is 0 Å². The van der Waals surface area contributed by atoms with Gasteiger partial charge in [-0.2, -0.15) is 10.4 Å². The molecule has 12 nitrogen and oxygen atoms in total. The van der Waals surface area contributed by atoms with Gasteiger partial charge in [-0.1, -0.05) is 11.2 Å². The minimum atomic E-state index is -0.426. The molecule has 3 aliphatic rings. The number of rotatable bonds is 6. The summed E-state index contributed by atoms with van der Waals surface area (Å²) < 4.78 is 8.41. The number of nitrogen functional groups attached to an aromatic ring is 2. The Kier molecular flexibility index (Phi) is 7.41. The summed E-state index contributed by atoms with van der Waals surface area (Å²) in [7, 11) is 4.21. The topological polar surface area (TPSA) is 165 Å². The van der Waals surface area contributed by atoms with Gasteiger partial charge in [-0.3, -0.25) is 0 Å². The third kappa shape index (κ3) is 4.53. The van der Waals surface area contributed by atoms with Crippen LogP contribution in [0.1, 0.15) is 97.3 Å². The highest BCUT2D eigenvalue weighted by atomic mass is 32.1. The fourth-order valence-corrected chi connectivity index (χ4v) is 9.85. The Morgan fingerprint density at radius 1 is 1.17 bits per heavy atom. The van der Waals surface area contributed by atoms with Crippen molar-refractivity contribution in [1.29, 1.82) is 5.26 Å². The van der Waals surface area contributed by atoms with Crippen LogP contribution in [-0.4, -0.2) is 61.5 Å². The summed E-state index contributed by atoms with van der Waals surface area (Å²) >= 11 is 1.55. The van der Waals surface area contributed by atoms with Crippen LogP contribution in [0.2, 0.25) is 0 Å². The average Bonchev–Trinajstić information content (AvgIpc) is 3.89. The highest BCUT2D eigenvalue weighted by molar-refractivity contribution is 7.16. The molecule has 2 aliphatic carbocycles. The number of nitrogens with zero attached hydrogens (tertiary/aromatic N) is 9. The number of pyridine rings is 1. The molecule has 1 aliphatic heterocycles. The molecule has 4 N–H and O–H groups in total. The molecule has 0 saturated carbocycles. The largest absolute Gasteiger partial charge is 0.389 e. The van der Waals surface area contributed by atoms with Crippen LogP contribution in [0.3, 0.4) is 0 Å².